The number of rotatable bonds is 5. The Labute approximate surface area is 139 Å². The second-order valence-corrected chi connectivity index (χ2v) is 8.71. The quantitative estimate of drug-likeness (QED) is 0.717. The first-order valence-electron chi connectivity index (χ1n) is 8.41. The molecule has 1 saturated carbocycles. The fourth-order valence-corrected chi connectivity index (χ4v) is 4.68. The number of β-amino-alcohol motifs (C(OH)–C–C–N with tert-alkyl or cyclic N) is 1. The first-order valence-corrected chi connectivity index (χ1v) is 10.3. The first kappa shape index (κ1) is 18.6. The third kappa shape index (κ3) is 5.14. The molecule has 1 heterocycles. The van der Waals surface area contributed by atoms with Crippen LogP contribution >= 0.6 is 0 Å². The average Bonchev–Trinajstić information content (AvgIpc) is 2.46. The topological polar surface area (TPSA) is 89.9 Å². The van der Waals surface area contributed by atoms with E-state index >= 15 is 0 Å². The average molecular weight is 347 g/mol. The highest BCUT2D eigenvalue weighted by atomic mass is 32.2. The Balaban J connectivity index is 2.04. The molecule has 2 fully saturated rings. The third-order valence-electron chi connectivity index (χ3n) is 4.68. The summed E-state index contributed by atoms with van der Waals surface area (Å²) in [6.45, 7) is 4.95. The molecule has 0 aromatic rings. The normalized spacial score (nSPS) is 24.4. The van der Waals surface area contributed by atoms with Crippen LogP contribution in [0.3, 0.4) is 0 Å². The van der Waals surface area contributed by atoms with Crippen LogP contribution in [-0.2, 0) is 14.8 Å². The van der Waals surface area contributed by atoms with Crippen LogP contribution in [0.5, 0.6) is 0 Å². The van der Waals surface area contributed by atoms with Crippen LogP contribution in [0.25, 0.3) is 0 Å². The molecule has 7 nitrogen and oxygen atoms in total. The molecule has 2 rings (SSSR count). The number of hydrogen-bond acceptors (Lipinski definition) is 5. The lowest BCUT2D eigenvalue weighted by Crippen LogP contribution is -2.63. The van der Waals surface area contributed by atoms with Crippen molar-refractivity contribution in [2.75, 3.05) is 39.0 Å². The minimum Gasteiger partial charge on any atom is -0.392 e. The van der Waals surface area contributed by atoms with Gasteiger partial charge >= 0.3 is 0 Å². The Morgan fingerprint density at radius 3 is 2.22 bits per heavy atom. The van der Waals surface area contributed by atoms with Crippen LogP contribution in [0.2, 0.25) is 0 Å². The number of hydrogen-bond donors (Lipinski definition) is 2. The van der Waals surface area contributed by atoms with Crippen molar-refractivity contribution >= 4 is 15.9 Å². The second-order valence-electron chi connectivity index (χ2n) is 6.96. The van der Waals surface area contributed by atoms with Crippen LogP contribution in [0.4, 0.5) is 0 Å². The lowest BCUT2D eigenvalue weighted by molar-refractivity contribution is -0.141. The Kier molecular flexibility index (Phi) is 6.05. The van der Waals surface area contributed by atoms with Crippen molar-refractivity contribution in [3.8, 4) is 0 Å². The lowest BCUT2D eigenvalue weighted by atomic mass is 9.81. The summed E-state index contributed by atoms with van der Waals surface area (Å²) in [6.07, 6.45) is 4.68. The Hall–Kier alpha value is -0.700. The van der Waals surface area contributed by atoms with Gasteiger partial charge in [-0.3, -0.25) is 9.69 Å². The molecule has 23 heavy (non-hydrogen) atoms. The number of aliphatic hydroxyl groups excluding tert-OH is 1. The zero-order valence-corrected chi connectivity index (χ0v) is 14.9. The van der Waals surface area contributed by atoms with Gasteiger partial charge in [0, 0.05) is 32.7 Å². The van der Waals surface area contributed by atoms with Gasteiger partial charge < -0.3 is 10.0 Å². The van der Waals surface area contributed by atoms with Crippen molar-refractivity contribution in [2.24, 2.45) is 0 Å². The molecule has 1 saturated heterocycles. The number of carbonyl (C=O) groups is 1. The largest absolute Gasteiger partial charge is 0.392 e. The SMILES string of the molecule is CC(O)CN1CCN(C(=O)C2(NS(C)(=O)=O)CCCCC2)CC1. The van der Waals surface area contributed by atoms with Crippen molar-refractivity contribution < 1.29 is 18.3 Å². The standard InChI is InChI=1S/C15H29N3O4S/c1-13(19)12-17-8-10-18(11-9-17)14(20)15(16-23(2,21)22)6-4-3-5-7-15/h13,16,19H,3-12H2,1-2H3. The van der Waals surface area contributed by atoms with Gasteiger partial charge in [0.05, 0.1) is 12.4 Å². The fraction of sp³-hybridized carbons (Fsp3) is 0.933. The minimum atomic E-state index is -3.43. The molecule has 1 amide bonds. The number of piperazine rings is 1. The van der Waals surface area contributed by atoms with E-state index in [0.717, 1.165) is 25.5 Å². The summed E-state index contributed by atoms with van der Waals surface area (Å²) in [7, 11) is -3.43. The maximum Gasteiger partial charge on any atom is 0.243 e. The predicted octanol–water partition coefficient (Wildman–Crippen LogP) is -0.236. The van der Waals surface area contributed by atoms with E-state index in [1.165, 1.54) is 0 Å². The summed E-state index contributed by atoms with van der Waals surface area (Å²) in [6, 6.07) is 0. The molecule has 0 radical (unpaired) electrons. The molecule has 1 unspecified atom stereocenters. The van der Waals surface area contributed by atoms with Crippen molar-refractivity contribution in [2.45, 2.75) is 50.7 Å². The summed E-state index contributed by atoms with van der Waals surface area (Å²) < 4.78 is 26.1. The molecule has 1 aliphatic heterocycles. The minimum absolute atomic E-state index is 0.0840. The molecule has 0 bridgehead atoms. The van der Waals surface area contributed by atoms with Gasteiger partial charge in [-0.25, -0.2) is 8.42 Å². The van der Waals surface area contributed by atoms with Gasteiger partial charge in [-0.15, -0.1) is 0 Å². The summed E-state index contributed by atoms with van der Waals surface area (Å²) in [4.78, 5) is 16.9. The Bertz CT molecular complexity index is 507. The van der Waals surface area contributed by atoms with E-state index in [1.807, 2.05) is 0 Å². The molecule has 2 N–H and O–H groups in total. The van der Waals surface area contributed by atoms with Crippen LogP contribution in [0.1, 0.15) is 39.0 Å². The highest BCUT2D eigenvalue weighted by molar-refractivity contribution is 7.88. The maximum atomic E-state index is 13.0. The predicted molar refractivity (Wildman–Crippen MR) is 88.5 cm³/mol. The van der Waals surface area contributed by atoms with Crippen molar-refractivity contribution in [3.63, 3.8) is 0 Å². The van der Waals surface area contributed by atoms with Crippen molar-refractivity contribution in [1.29, 1.82) is 0 Å². The smallest absolute Gasteiger partial charge is 0.243 e. The highest BCUT2D eigenvalue weighted by Crippen LogP contribution is 2.31. The molecule has 0 aromatic heterocycles. The highest BCUT2D eigenvalue weighted by Gasteiger charge is 2.44. The van der Waals surface area contributed by atoms with Crippen LogP contribution in [-0.4, -0.2) is 79.9 Å². The first-order chi connectivity index (χ1) is 10.7. The molecular weight excluding hydrogens is 318 g/mol. The summed E-state index contributed by atoms with van der Waals surface area (Å²) in [5.74, 6) is -0.0840. The molecule has 8 heteroatoms. The molecule has 1 atom stereocenters. The van der Waals surface area contributed by atoms with E-state index in [-0.39, 0.29) is 12.0 Å². The van der Waals surface area contributed by atoms with E-state index in [4.69, 9.17) is 0 Å². The van der Waals surface area contributed by atoms with Crippen LogP contribution in [0, 0.1) is 0 Å². The van der Waals surface area contributed by atoms with Gasteiger partial charge in [0.15, 0.2) is 0 Å². The number of aliphatic hydroxyl groups is 1. The van der Waals surface area contributed by atoms with E-state index in [2.05, 4.69) is 9.62 Å². The maximum absolute atomic E-state index is 13.0. The van der Waals surface area contributed by atoms with Gasteiger partial charge in [0.25, 0.3) is 0 Å². The van der Waals surface area contributed by atoms with Crippen molar-refractivity contribution in [3.05, 3.63) is 0 Å². The number of nitrogens with one attached hydrogen (secondary N) is 1. The fourth-order valence-electron chi connectivity index (χ4n) is 3.68. The molecule has 0 spiro atoms. The van der Waals surface area contributed by atoms with E-state index in [9.17, 15) is 18.3 Å². The molecular formula is C15H29N3O4S. The second kappa shape index (κ2) is 7.46. The Morgan fingerprint density at radius 1 is 1.17 bits per heavy atom. The zero-order valence-electron chi connectivity index (χ0n) is 14.1. The van der Waals surface area contributed by atoms with Gasteiger partial charge in [-0.2, -0.15) is 4.72 Å². The van der Waals surface area contributed by atoms with Gasteiger partial charge in [-0.05, 0) is 19.8 Å². The van der Waals surface area contributed by atoms with Gasteiger partial charge in [-0.1, -0.05) is 19.3 Å². The Morgan fingerprint density at radius 2 is 1.74 bits per heavy atom. The van der Waals surface area contributed by atoms with Crippen LogP contribution in [0.15, 0.2) is 0 Å². The lowest BCUT2D eigenvalue weighted by Gasteiger charge is -2.43. The summed E-state index contributed by atoms with van der Waals surface area (Å²) in [5.41, 5.74) is -0.960. The zero-order chi connectivity index (χ0) is 17.1. The molecule has 0 aromatic carbocycles. The van der Waals surface area contributed by atoms with Gasteiger partial charge in [0.2, 0.25) is 15.9 Å². The number of sulfonamides is 1. The number of amides is 1. The third-order valence-corrected chi connectivity index (χ3v) is 5.44. The van der Waals surface area contributed by atoms with E-state index < -0.39 is 15.6 Å². The van der Waals surface area contributed by atoms with E-state index in [1.54, 1.807) is 11.8 Å². The van der Waals surface area contributed by atoms with E-state index in [0.29, 0.717) is 45.6 Å². The monoisotopic (exact) mass is 347 g/mol. The molecule has 2 aliphatic rings. The van der Waals surface area contributed by atoms with Gasteiger partial charge in [0.1, 0.15) is 5.54 Å². The summed E-state index contributed by atoms with van der Waals surface area (Å²) in [5, 5.41) is 9.45. The number of nitrogens with zero attached hydrogens (tertiary/aromatic N) is 2. The number of carbonyl (C=O) groups excluding carboxylic acids is 1. The van der Waals surface area contributed by atoms with Crippen molar-refractivity contribution in [1.82, 2.24) is 14.5 Å². The summed E-state index contributed by atoms with van der Waals surface area (Å²) >= 11 is 0. The molecule has 1 aliphatic carbocycles. The van der Waals surface area contributed by atoms with Crippen LogP contribution < -0.4 is 4.72 Å². The molecule has 134 valence electrons.